The van der Waals surface area contributed by atoms with Crippen molar-refractivity contribution >= 4 is 23.4 Å². The fraction of sp³-hybridized carbons (Fsp3) is 0.333. The summed E-state index contributed by atoms with van der Waals surface area (Å²) < 4.78 is 4.94. The molecule has 1 atom stereocenters. The van der Waals surface area contributed by atoms with E-state index in [0.717, 1.165) is 5.56 Å². The quantitative estimate of drug-likeness (QED) is 0.591. The molecule has 0 aliphatic carbocycles. The molecule has 0 aliphatic heterocycles. The van der Waals surface area contributed by atoms with Crippen LogP contribution < -0.4 is 0 Å². The van der Waals surface area contributed by atoms with E-state index in [9.17, 15) is 9.59 Å². The number of hydrogen-bond donors (Lipinski definition) is 0. The summed E-state index contributed by atoms with van der Waals surface area (Å²) >= 11 is 5.94. The number of carbonyl (C=O) groups excluding carboxylic acids is 2. The van der Waals surface area contributed by atoms with Crippen LogP contribution in [0.1, 0.15) is 31.7 Å². The lowest BCUT2D eigenvalue weighted by atomic mass is 9.88. The molecule has 0 fully saturated rings. The Bertz CT molecular complexity index is 494. The lowest BCUT2D eigenvalue weighted by molar-refractivity contribution is -0.138. The van der Waals surface area contributed by atoms with E-state index in [1.54, 1.807) is 25.1 Å². The topological polar surface area (TPSA) is 43.4 Å². The number of ether oxygens (including phenoxy) is 1. The Kier molecular flexibility index (Phi) is 5.77. The zero-order chi connectivity index (χ0) is 14.4. The third-order valence-electron chi connectivity index (χ3n) is 2.70. The third-order valence-corrected chi connectivity index (χ3v) is 2.94. The lowest BCUT2D eigenvalue weighted by Gasteiger charge is -2.18. The minimum Gasteiger partial charge on any atom is -0.463 e. The largest absolute Gasteiger partial charge is 0.463 e. The average Bonchev–Trinajstić information content (AvgIpc) is 2.35. The molecule has 0 saturated carbocycles. The van der Waals surface area contributed by atoms with E-state index < -0.39 is 11.9 Å². The molecule has 0 radical (unpaired) electrons. The number of rotatable bonds is 6. The van der Waals surface area contributed by atoms with Crippen molar-refractivity contribution in [2.24, 2.45) is 0 Å². The predicted molar refractivity (Wildman–Crippen MR) is 75.3 cm³/mol. The van der Waals surface area contributed by atoms with Gasteiger partial charge in [0.15, 0.2) is 0 Å². The van der Waals surface area contributed by atoms with E-state index in [1.807, 2.05) is 6.07 Å². The van der Waals surface area contributed by atoms with Gasteiger partial charge in [-0.25, -0.2) is 4.79 Å². The first-order valence-electron chi connectivity index (χ1n) is 6.06. The highest BCUT2D eigenvalue weighted by atomic mass is 35.5. The van der Waals surface area contributed by atoms with Gasteiger partial charge in [0.1, 0.15) is 5.78 Å². The summed E-state index contributed by atoms with van der Waals surface area (Å²) in [5, 5.41) is 0.558. The second kappa shape index (κ2) is 7.10. The van der Waals surface area contributed by atoms with Crippen molar-refractivity contribution in [3.8, 4) is 0 Å². The van der Waals surface area contributed by atoms with Crippen molar-refractivity contribution in [1.29, 1.82) is 0 Å². The maximum absolute atomic E-state index is 11.8. The van der Waals surface area contributed by atoms with E-state index in [2.05, 4.69) is 6.58 Å². The minimum atomic E-state index is -0.478. The summed E-state index contributed by atoms with van der Waals surface area (Å²) in [6.07, 6.45) is 0.206. The maximum Gasteiger partial charge on any atom is 0.334 e. The van der Waals surface area contributed by atoms with Crippen molar-refractivity contribution in [3.63, 3.8) is 0 Å². The molecule has 0 aromatic heterocycles. The highest BCUT2D eigenvalue weighted by molar-refractivity contribution is 6.30. The van der Waals surface area contributed by atoms with Gasteiger partial charge in [0.05, 0.1) is 6.61 Å². The number of carbonyl (C=O) groups is 2. The molecule has 0 N–H and O–H groups in total. The maximum atomic E-state index is 11.8. The molecule has 0 unspecified atom stereocenters. The fourth-order valence-corrected chi connectivity index (χ4v) is 2.02. The van der Waals surface area contributed by atoms with Gasteiger partial charge in [-0.15, -0.1) is 0 Å². The van der Waals surface area contributed by atoms with Gasteiger partial charge in [-0.2, -0.15) is 0 Å². The number of benzene rings is 1. The highest BCUT2D eigenvalue weighted by Gasteiger charge is 2.23. The molecular weight excluding hydrogens is 264 g/mol. The Balaban J connectivity index is 3.04. The normalized spacial score (nSPS) is 11.7. The Morgan fingerprint density at radius 2 is 2.11 bits per heavy atom. The number of halogens is 1. The molecule has 0 aliphatic rings. The van der Waals surface area contributed by atoms with Crippen LogP contribution in [-0.2, 0) is 14.3 Å². The first-order chi connectivity index (χ1) is 8.95. The van der Waals surface area contributed by atoms with Gasteiger partial charge in [-0.1, -0.05) is 30.3 Å². The van der Waals surface area contributed by atoms with Crippen LogP contribution in [0.4, 0.5) is 0 Å². The predicted octanol–water partition coefficient (Wildman–Crippen LogP) is 3.52. The molecule has 0 bridgehead atoms. The zero-order valence-corrected chi connectivity index (χ0v) is 11.9. The summed E-state index contributed by atoms with van der Waals surface area (Å²) in [4.78, 5) is 23.1. The van der Waals surface area contributed by atoms with Gasteiger partial charge in [0.2, 0.25) is 0 Å². The van der Waals surface area contributed by atoms with Gasteiger partial charge in [0, 0.05) is 22.9 Å². The summed E-state index contributed by atoms with van der Waals surface area (Å²) in [5.41, 5.74) is 1.07. The van der Waals surface area contributed by atoms with Crippen LogP contribution in [0.2, 0.25) is 5.02 Å². The molecule has 102 valence electrons. The molecular formula is C15H17ClO3. The van der Waals surface area contributed by atoms with E-state index in [1.165, 1.54) is 6.92 Å². The third kappa shape index (κ3) is 4.52. The average molecular weight is 281 g/mol. The van der Waals surface area contributed by atoms with Gasteiger partial charge in [0.25, 0.3) is 0 Å². The van der Waals surface area contributed by atoms with Gasteiger partial charge in [-0.3, -0.25) is 4.79 Å². The lowest BCUT2D eigenvalue weighted by Crippen LogP contribution is -2.16. The molecule has 1 aromatic carbocycles. The van der Waals surface area contributed by atoms with Crippen molar-refractivity contribution in [2.45, 2.75) is 26.2 Å². The molecule has 1 rings (SSSR count). The SMILES string of the molecule is C=C(C(=O)OCC)[C@@H](CC(C)=O)c1cccc(Cl)c1. The van der Waals surface area contributed by atoms with Crippen LogP contribution >= 0.6 is 11.6 Å². The minimum absolute atomic E-state index is 0.0181. The molecule has 19 heavy (non-hydrogen) atoms. The van der Waals surface area contributed by atoms with Crippen LogP contribution in [0.25, 0.3) is 0 Å². The molecule has 4 heteroatoms. The van der Waals surface area contributed by atoms with E-state index in [-0.39, 0.29) is 24.4 Å². The van der Waals surface area contributed by atoms with Gasteiger partial charge in [-0.05, 0) is 31.5 Å². The van der Waals surface area contributed by atoms with Crippen LogP contribution in [0.3, 0.4) is 0 Å². The van der Waals surface area contributed by atoms with Crippen LogP contribution in [0.15, 0.2) is 36.4 Å². The molecule has 0 saturated heterocycles. The summed E-state index contributed by atoms with van der Waals surface area (Å²) in [7, 11) is 0. The van der Waals surface area contributed by atoms with E-state index in [0.29, 0.717) is 5.02 Å². The first kappa shape index (κ1) is 15.4. The zero-order valence-electron chi connectivity index (χ0n) is 11.1. The summed E-state index contributed by atoms with van der Waals surface area (Å²) in [6.45, 7) is 7.25. The Labute approximate surface area is 118 Å². The first-order valence-corrected chi connectivity index (χ1v) is 6.44. The van der Waals surface area contributed by atoms with E-state index >= 15 is 0 Å². The van der Waals surface area contributed by atoms with Crippen molar-refractivity contribution in [3.05, 3.63) is 47.0 Å². The van der Waals surface area contributed by atoms with Gasteiger partial charge < -0.3 is 4.74 Å². The molecule has 0 spiro atoms. The van der Waals surface area contributed by atoms with Gasteiger partial charge >= 0.3 is 5.97 Å². The van der Waals surface area contributed by atoms with Crippen LogP contribution in [0.5, 0.6) is 0 Å². The number of Topliss-reactive ketones (excluding diaryl/α,β-unsaturated/α-hetero) is 1. The van der Waals surface area contributed by atoms with E-state index in [4.69, 9.17) is 16.3 Å². The number of ketones is 1. The van der Waals surface area contributed by atoms with Crippen molar-refractivity contribution in [1.82, 2.24) is 0 Å². The second-order valence-corrected chi connectivity index (χ2v) is 4.70. The Hall–Kier alpha value is -1.61. The van der Waals surface area contributed by atoms with Crippen molar-refractivity contribution in [2.75, 3.05) is 6.61 Å². The Morgan fingerprint density at radius 1 is 1.42 bits per heavy atom. The molecule has 3 nitrogen and oxygen atoms in total. The highest BCUT2D eigenvalue weighted by Crippen LogP contribution is 2.29. The summed E-state index contributed by atoms with van der Waals surface area (Å²) in [5.74, 6) is -0.889. The Morgan fingerprint density at radius 3 is 2.63 bits per heavy atom. The number of esters is 1. The molecule has 0 heterocycles. The molecule has 1 aromatic rings. The fourth-order valence-electron chi connectivity index (χ4n) is 1.82. The van der Waals surface area contributed by atoms with Crippen molar-refractivity contribution < 1.29 is 14.3 Å². The standard InChI is InChI=1S/C15H17ClO3/c1-4-19-15(18)11(3)14(8-10(2)17)12-6-5-7-13(16)9-12/h5-7,9,14H,3-4,8H2,1-2H3/t14-/m1/s1. The smallest absolute Gasteiger partial charge is 0.334 e. The number of hydrogen-bond acceptors (Lipinski definition) is 3. The molecule has 0 amide bonds. The van der Waals surface area contributed by atoms with Crippen LogP contribution in [-0.4, -0.2) is 18.4 Å². The van der Waals surface area contributed by atoms with Crippen LogP contribution in [0, 0.1) is 0 Å². The second-order valence-electron chi connectivity index (χ2n) is 4.26. The summed E-state index contributed by atoms with van der Waals surface area (Å²) in [6, 6.07) is 7.08. The monoisotopic (exact) mass is 280 g/mol.